The molecule has 1 aromatic heterocycles. The van der Waals surface area contributed by atoms with Crippen molar-refractivity contribution in [3.63, 3.8) is 0 Å². The van der Waals surface area contributed by atoms with Gasteiger partial charge in [0.1, 0.15) is 0 Å². The Morgan fingerprint density at radius 1 is 1.22 bits per heavy atom. The maximum atomic E-state index is 5.43. The second-order valence-electron chi connectivity index (χ2n) is 5.59. The normalized spacial score (nSPS) is 21.4. The van der Waals surface area contributed by atoms with E-state index in [2.05, 4.69) is 23.8 Å². The molecule has 1 saturated carbocycles. The molecule has 4 nitrogen and oxygen atoms in total. The molecular formula is C14H23N3O. The minimum atomic E-state index is 0.534. The summed E-state index contributed by atoms with van der Waals surface area (Å²) in [6, 6.07) is 1.29. The van der Waals surface area contributed by atoms with Crippen LogP contribution in [0.1, 0.15) is 48.7 Å². The lowest BCUT2D eigenvalue weighted by Crippen LogP contribution is -2.22. The lowest BCUT2D eigenvalue weighted by molar-refractivity contribution is 0.0656. The van der Waals surface area contributed by atoms with Crippen LogP contribution in [-0.4, -0.2) is 29.0 Å². The quantitative estimate of drug-likeness (QED) is 0.888. The first-order valence-corrected chi connectivity index (χ1v) is 7.11. The van der Waals surface area contributed by atoms with E-state index in [0.29, 0.717) is 6.04 Å². The Morgan fingerprint density at radius 3 is 2.61 bits per heavy atom. The highest BCUT2D eigenvalue weighted by Gasteiger charge is 2.24. The summed E-state index contributed by atoms with van der Waals surface area (Å²) in [5, 5.41) is 8.35. The molecule has 18 heavy (non-hydrogen) atoms. The molecule has 2 aliphatic rings. The van der Waals surface area contributed by atoms with Crippen LogP contribution < -0.4 is 5.32 Å². The molecule has 100 valence electrons. The maximum absolute atomic E-state index is 5.43. The van der Waals surface area contributed by atoms with Crippen molar-refractivity contribution in [1.29, 1.82) is 0 Å². The summed E-state index contributed by atoms with van der Waals surface area (Å²) in [5.74, 6) is 0. The van der Waals surface area contributed by atoms with Crippen LogP contribution in [0.2, 0.25) is 0 Å². The highest BCUT2D eigenvalue weighted by atomic mass is 16.5. The van der Waals surface area contributed by atoms with Crippen LogP contribution in [0.5, 0.6) is 0 Å². The van der Waals surface area contributed by atoms with Crippen LogP contribution in [0.3, 0.4) is 0 Å². The van der Waals surface area contributed by atoms with E-state index in [1.807, 2.05) is 0 Å². The van der Waals surface area contributed by atoms with Crippen LogP contribution >= 0.6 is 0 Å². The van der Waals surface area contributed by atoms with Crippen molar-refractivity contribution in [1.82, 2.24) is 15.1 Å². The molecule has 2 heterocycles. The lowest BCUT2D eigenvalue weighted by Gasteiger charge is -2.23. The number of ether oxygens (including phenoxy) is 1. The molecule has 1 aliphatic carbocycles. The van der Waals surface area contributed by atoms with Crippen molar-refractivity contribution in [3.05, 3.63) is 17.0 Å². The first kappa shape index (κ1) is 12.2. The van der Waals surface area contributed by atoms with Gasteiger partial charge in [0.05, 0.1) is 11.7 Å². The third kappa shape index (κ3) is 2.45. The standard InChI is InChI=1S/C14H23N3O/c1-10-14(9-15-12-3-4-12)11(2)17(16-10)13-5-7-18-8-6-13/h12-13,15H,3-9H2,1-2H3. The summed E-state index contributed by atoms with van der Waals surface area (Å²) in [6.45, 7) is 7.06. The number of aromatic nitrogens is 2. The fraction of sp³-hybridized carbons (Fsp3) is 0.786. The van der Waals surface area contributed by atoms with Crippen LogP contribution in [0.15, 0.2) is 0 Å². The summed E-state index contributed by atoms with van der Waals surface area (Å²) in [4.78, 5) is 0. The fourth-order valence-corrected chi connectivity index (χ4v) is 2.77. The first-order chi connectivity index (χ1) is 8.75. The molecule has 0 spiro atoms. The summed E-state index contributed by atoms with van der Waals surface area (Å²) in [7, 11) is 0. The molecule has 1 aliphatic heterocycles. The zero-order valence-corrected chi connectivity index (χ0v) is 11.4. The summed E-state index contributed by atoms with van der Waals surface area (Å²) >= 11 is 0. The summed E-state index contributed by atoms with van der Waals surface area (Å²) in [5.41, 5.74) is 3.92. The van der Waals surface area contributed by atoms with Crippen molar-refractivity contribution in [3.8, 4) is 0 Å². The van der Waals surface area contributed by atoms with Gasteiger partial charge in [0.15, 0.2) is 0 Å². The molecule has 0 atom stereocenters. The van der Waals surface area contributed by atoms with Gasteiger partial charge in [-0.2, -0.15) is 5.10 Å². The Bertz CT molecular complexity index is 417. The zero-order valence-electron chi connectivity index (χ0n) is 11.4. The van der Waals surface area contributed by atoms with Crippen LogP contribution in [0.25, 0.3) is 0 Å². The monoisotopic (exact) mass is 249 g/mol. The number of aryl methyl sites for hydroxylation is 1. The van der Waals surface area contributed by atoms with Gasteiger partial charge in [-0.1, -0.05) is 0 Å². The largest absolute Gasteiger partial charge is 0.381 e. The van der Waals surface area contributed by atoms with E-state index in [9.17, 15) is 0 Å². The summed E-state index contributed by atoms with van der Waals surface area (Å²) in [6.07, 6.45) is 4.87. The van der Waals surface area contributed by atoms with Gasteiger partial charge in [0, 0.05) is 37.1 Å². The van der Waals surface area contributed by atoms with Gasteiger partial charge in [0.2, 0.25) is 0 Å². The lowest BCUT2D eigenvalue weighted by atomic mass is 10.1. The molecule has 0 unspecified atom stereocenters. The second-order valence-corrected chi connectivity index (χ2v) is 5.59. The van der Waals surface area contributed by atoms with Crippen molar-refractivity contribution in [2.24, 2.45) is 0 Å². The van der Waals surface area contributed by atoms with E-state index >= 15 is 0 Å². The SMILES string of the molecule is Cc1nn(C2CCOCC2)c(C)c1CNC1CC1. The molecule has 3 rings (SSSR count). The van der Waals surface area contributed by atoms with Crippen molar-refractivity contribution in [2.45, 2.75) is 58.2 Å². The smallest absolute Gasteiger partial charge is 0.0641 e. The molecular weight excluding hydrogens is 226 g/mol. The third-order valence-corrected chi connectivity index (χ3v) is 4.16. The topological polar surface area (TPSA) is 39.1 Å². The Balaban J connectivity index is 1.75. The fourth-order valence-electron chi connectivity index (χ4n) is 2.77. The van der Waals surface area contributed by atoms with E-state index in [1.165, 1.54) is 29.8 Å². The van der Waals surface area contributed by atoms with E-state index in [-0.39, 0.29) is 0 Å². The first-order valence-electron chi connectivity index (χ1n) is 7.11. The predicted molar refractivity (Wildman–Crippen MR) is 70.7 cm³/mol. The highest BCUT2D eigenvalue weighted by molar-refractivity contribution is 5.25. The minimum absolute atomic E-state index is 0.534. The Labute approximate surface area is 109 Å². The molecule has 0 amide bonds. The predicted octanol–water partition coefficient (Wildman–Crippen LogP) is 2.10. The Morgan fingerprint density at radius 2 is 1.94 bits per heavy atom. The molecule has 1 saturated heterocycles. The average molecular weight is 249 g/mol. The van der Waals surface area contributed by atoms with E-state index in [4.69, 9.17) is 9.84 Å². The molecule has 0 aromatic carbocycles. The highest BCUT2D eigenvalue weighted by Crippen LogP contribution is 2.26. The molecule has 2 fully saturated rings. The average Bonchev–Trinajstić information content (AvgIpc) is 3.16. The van der Waals surface area contributed by atoms with Gasteiger partial charge >= 0.3 is 0 Å². The van der Waals surface area contributed by atoms with Crippen molar-refractivity contribution >= 4 is 0 Å². The number of hydrogen-bond acceptors (Lipinski definition) is 3. The van der Waals surface area contributed by atoms with Crippen molar-refractivity contribution < 1.29 is 4.74 Å². The molecule has 0 bridgehead atoms. The van der Waals surface area contributed by atoms with E-state index in [0.717, 1.165) is 38.6 Å². The minimum Gasteiger partial charge on any atom is -0.381 e. The van der Waals surface area contributed by atoms with E-state index < -0.39 is 0 Å². The Kier molecular flexibility index (Phi) is 3.39. The van der Waals surface area contributed by atoms with Gasteiger partial charge < -0.3 is 10.1 Å². The van der Waals surface area contributed by atoms with Crippen LogP contribution in [-0.2, 0) is 11.3 Å². The molecule has 0 radical (unpaired) electrons. The Hall–Kier alpha value is -0.870. The number of nitrogens with one attached hydrogen (secondary N) is 1. The molecule has 1 N–H and O–H groups in total. The van der Waals surface area contributed by atoms with Gasteiger partial charge in [0.25, 0.3) is 0 Å². The summed E-state index contributed by atoms with van der Waals surface area (Å²) < 4.78 is 7.67. The van der Waals surface area contributed by atoms with Gasteiger partial charge in [-0.25, -0.2) is 0 Å². The molecule has 1 aromatic rings. The second kappa shape index (κ2) is 5.02. The number of rotatable bonds is 4. The number of hydrogen-bond donors (Lipinski definition) is 1. The van der Waals surface area contributed by atoms with Crippen molar-refractivity contribution in [2.75, 3.05) is 13.2 Å². The van der Waals surface area contributed by atoms with Gasteiger partial charge in [-0.3, -0.25) is 4.68 Å². The zero-order chi connectivity index (χ0) is 12.5. The molecule has 4 heteroatoms. The van der Waals surface area contributed by atoms with Gasteiger partial charge in [-0.15, -0.1) is 0 Å². The van der Waals surface area contributed by atoms with Crippen LogP contribution in [0, 0.1) is 13.8 Å². The maximum Gasteiger partial charge on any atom is 0.0641 e. The van der Waals surface area contributed by atoms with E-state index in [1.54, 1.807) is 0 Å². The van der Waals surface area contributed by atoms with Crippen LogP contribution in [0.4, 0.5) is 0 Å². The third-order valence-electron chi connectivity index (χ3n) is 4.16. The number of nitrogens with zero attached hydrogens (tertiary/aromatic N) is 2. The van der Waals surface area contributed by atoms with Gasteiger partial charge in [-0.05, 0) is 39.5 Å².